The summed E-state index contributed by atoms with van der Waals surface area (Å²) >= 11 is 3.43. The van der Waals surface area contributed by atoms with Crippen molar-refractivity contribution < 1.29 is 4.79 Å². The molecule has 2 rings (SSSR count). The van der Waals surface area contributed by atoms with Gasteiger partial charge in [-0.2, -0.15) is 0 Å². The van der Waals surface area contributed by atoms with Crippen LogP contribution in [0.25, 0.3) is 0 Å². The normalized spacial score (nSPS) is 15.6. The van der Waals surface area contributed by atoms with Gasteiger partial charge in [0.15, 0.2) is 0 Å². The van der Waals surface area contributed by atoms with E-state index >= 15 is 0 Å². The fourth-order valence-electron chi connectivity index (χ4n) is 1.68. The van der Waals surface area contributed by atoms with Crippen LogP contribution in [0.15, 0.2) is 22.7 Å². The first-order valence-electron chi connectivity index (χ1n) is 5.42. The van der Waals surface area contributed by atoms with Crippen molar-refractivity contribution in [1.82, 2.24) is 10.6 Å². The lowest BCUT2D eigenvalue weighted by Gasteiger charge is -2.27. The van der Waals surface area contributed by atoms with Gasteiger partial charge in [0.25, 0.3) is 5.91 Å². The molecule has 16 heavy (non-hydrogen) atoms. The molecule has 0 aromatic heterocycles. The first kappa shape index (κ1) is 11.6. The lowest BCUT2D eigenvalue weighted by Crippen LogP contribution is -2.48. The number of halogens is 1. The Bertz CT molecular complexity index is 402. The fourth-order valence-corrected chi connectivity index (χ4v) is 2.04. The molecule has 1 aromatic rings. The molecular weight excluding hydrogens is 268 g/mol. The van der Waals surface area contributed by atoms with E-state index in [0.717, 1.165) is 35.2 Å². The first-order chi connectivity index (χ1) is 7.68. The van der Waals surface area contributed by atoms with Crippen LogP contribution in [0.2, 0.25) is 0 Å². The highest BCUT2D eigenvalue weighted by molar-refractivity contribution is 9.10. The van der Waals surface area contributed by atoms with Crippen LogP contribution < -0.4 is 10.6 Å². The van der Waals surface area contributed by atoms with Crippen LogP contribution in [-0.4, -0.2) is 25.5 Å². The summed E-state index contributed by atoms with van der Waals surface area (Å²) in [6.45, 7) is 4.73. The van der Waals surface area contributed by atoms with Crippen molar-refractivity contribution in [1.29, 1.82) is 0 Å². The molecule has 0 bridgehead atoms. The van der Waals surface area contributed by atoms with Crippen LogP contribution in [0.5, 0.6) is 0 Å². The summed E-state index contributed by atoms with van der Waals surface area (Å²) in [6, 6.07) is 5.69. The Morgan fingerprint density at radius 3 is 2.94 bits per heavy atom. The van der Waals surface area contributed by atoms with Crippen molar-refractivity contribution in [3.05, 3.63) is 33.8 Å². The lowest BCUT2D eigenvalue weighted by atomic mass is 10.0. The topological polar surface area (TPSA) is 41.1 Å². The molecule has 1 aromatic carbocycles. The number of hydrogen-bond donors (Lipinski definition) is 2. The number of hydrogen-bond acceptors (Lipinski definition) is 2. The molecule has 0 atom stereocenters. The number of nitrogens with one attached hydrogen (secondary N) is 2. The van der Waals surface area contributed by atoms with Gasteiger partial charge in [0, 0.05) is 35.6 Å². The minimum Gasteiger partial charge on any atom is -0.352 e. The first-order valence-corrected chi connectivity index (χ1v) is 6.22. The van der Waals surface area contributed by atoms with E-state index in [-0.39, 0.29) is 5.91 Å². The van der Waals surface area contributed by atoms with Crippen LogP contribution >= 0.6 is 15.9 Å². The highest BCUT2D eigenvalue weighted by atomic mass is 79.9. The molecule has 0 spiro atoms. The maximum absolute atomic E-state index is 11.9. The van der Waals surface area contributed by atoms with Crippen LogP contribution in [0.1, 0.15) is 15.9 Å². The molecule has 0 saturated carbocycles. The molecule has 0 unspecified atom stereocenters. The van der Waals surface area contributed by atoms with Gasteiger partial charge in [-0.3, -0.25) is 4.79 Å². The third kappa shape index (κ3) is 2.44. The van der Waals surface area contributed by atoms with Crippen LogP contribution in [0.4, 0.5) is 0 Å². The molecule has 86 valence electrons. The quantitative estimate of drug-likeness (QED) is 0.886. The van der Waals surface area contributed by atoms with Gasteiger partial charge in [-0.15, -0.1) is 0 Å². The zero-order valence-electron chi connectivity index (χ0n) is 9.22. The van der Waals surface area contributed by atoms with Crippen LogP contribution in [0.3, 0.4) is 0 Å². The van der Waals surface area contributed by atoms with E-state index in [1.807, 2.05) is 25.1 Å². The standard InChI is InChI=1S/C12H15BrN2O/c1-8-10(3-2-4-11(8)13)12(16)15-7-9-5-14-6-9/h2-4,9,14H,5-7H2,1H3,(H,15,16). The van der Waals surface area contributed by atoms with E-state index in [0.29, 0.717) is 5.92 Å². The van der Waals surface area contributed by atoms with Gasteiger partial charge in [-0.25, -0.2) is 0 Å². The second kappa shape index (κ2) is 4.97. The molecule has 0 radical (unpaired) electrons. The summed E-state index contributed by atoms with van der Waals surface area (Å²) in [5.41, 5.74) is 1.74. The molecule has 1 aliphatic heterocycles. The summed E-state index contributed by atoms with van der Waals surface area (Å²) in [4.78, 5) is 11.9. The second-order valence-corrected chi connectivity index (χ2v) is 5.00. The maximum atomic E-state index is 11.9. The third-order valence-corrected chi connectivity index (χ3v) is 3.79. The second-order valence-electron chi connectivity index (χ2n) is 4.15. The fraction of sp³-hybridized carbons (Fsp3) is 0.417. The average Bonchev–Trinajstić information content (AvgIpc) is 2.19. The van der Waals surface area contributed by atoms with E-state index in [9.17, 15) is 4.79 Å². The predicted octanol–water partition coefficient (Wildman–Crippen LogP) is 1.71. The Labute approximate surface area is 104 Å². The number of benzene rings is 1. The molecule has 4 heteroatoms. The number of rotatable bonds is 3. The van der Waals surface area contributed by atoms with Crippen molar-refractivity contribution in [3.63, 3.8) is 0 Å². The van der Waals surface area contributed by atoms with Gasteiger partial charge in [0.2, 0.25) is 0 Å². The van der Waals surface area contributed by atoms with Gasteiger partial charge in [-0.1, -0.05) is 22.0 Å². The van der Waals surface area contributed by atoms with Crippen molar-refractivity contribution in [2.75, 3.05) is 19.6 Å². The largest absolute Gasteiger partial charge is 0.352 e. The maximum Gasteiger partial charge on any atom is 0.251 e. The zero-order chi connectivity index (χ0) is 11.5. The Hall–Kier alpha value is -0.870. The summed E-state index contributed by atoms with van der Waals surface area (Å²) in [5.74, 6) is 0.613. The Morgan fingerprint density at radius 2 is 2.31 bits per heavy atom. The molecule has 1 aliphatic rings. The van der Waals surface area contributed by atoms with Crippen molar-refractivity contribution in [3.8, 4) is 0 Å². The Morgan fingerprint density at radius 1 is 1.56 bits per heavy atom. The van der Waals surface area contributed by atoms with E-state index in [2.05, 4.69) is 26.6 Å². The third-order valence-electron chi connectivity index (χ3n) is 2.93. The van der Waals surface area contributed by atoms with Crippen molar-refractivity contribution >= 4 is 21.8 Å². The molecule has 1 amide bonds. The number of carbonyl (C=O) groups is 1. The highest BCUT2D eigenvalue weighted by Crippen LogP contribution is 2.19. The summed E-state index contributed by atoms with van der Waals surface area (Å²) in [5, 5.41) is 6.16. The minimum atomic E-state index is 0.0192. The molecule has 0 aliphatic carbocycles. The van der Waals surface area contributed by atoms with Crippen molar-refractivity contribution in [2.45, 2.75) is 6.92 Å². The van der Waals surface area contributed by atoms with Gasteiger partial charge in [0.05, 0.1) is 0 Å². The van der Waals surface area contributed by atoms with Crippen LogP contribution in [0, 0.1) is 12.8 Å². The molecule has 2 N–H and O–H groups in total. The van der Waals surface area contributed by atoms with E-state index in [1.54, 1.807) is 0 Å². The smallest absolute Gasteiger partial charge is 0.251 e. The zero-order valence-corrected chi connectivity index (χ0v) is 10.8. The van der Waals surface area contributed by atoms with E-state index in [1.165, 1.54) is 0 Å². The predicted molar refractivity (Wildman–Crippen MR) is 67.6 cm³/mol. The number of carbonyl (C=O) groups excluding carboxylic acids is 1. The van der Waals surface area contributed by atoms with Gasteiger partial charge >= 0.3 is 0 Å². The van der Waals surface area contributed by atoms with E-state index < -0.39 is 0 Å². The summed E-state index contributed by atoms with van der Waals surface area (Å²) in [7, 11) is 0. The van der Waals surface area contributed by atoms with Gasteiger partial charge < -0.3 is 10.6 Å². The summed E-state index contributed by atoms with van der Waals surface area (Å²) < 4.78 is 0.977. The van der Waals surface area contributed by atoms with Gasteiger partial charge in [0.1, 0.15) is 0 Å². The number of amides is 1. The molecule has 1 fully saturated rings. The molecule has 3 nitrogen and oxygen atoms in total. The Balaban J connectivity index is 1.99. The van der Waals surface area contributed by atoms with Crippen LogP contribution in [-0.2, 0) is 0 Å². The lowest BCUT2D eigenvalue weighted by molar-refractivity contribution is 0.0941. The van der Waals surface area contributed by atoms with Crippen molar-refractivity contribution in [2.24, 2.45) is 5.92 Å². The molecule has 1 heterocycles. The highest BCUT2D eigenvalue weighted by Gasteiger charge is 2.18. The SMILES string of the molecule is Cc1c(Br)cccc1C(=O)NCC1CNC1. The van der Waals surface area contributed by atoms with E-state index in [4.69, 9.17) is 0 Å². The molecule has 1 saturated heterocycles. The average molecular weight is 283 g/mol. The monoisotopic (exact) mass is 282 g/mol. The summed E-state index contributed by atoms with van der Waals surface area (Å²) in [6.07, 6.45) is 0. The minimum absolute atomic E-state index is 0.0192. The van der Waals surface area contributed by atoms with Gasteiger partial charge in [-0.05, 0) is 24.6 Å². The molecular formula is C12H15BrN2O. The Kier molecular flexibility index (Phi) is 3.61.